The summed E-state index contributed by atoms with van der Waals surface area (Å²) >= 11 is 0. The first-order valence-corrected chi connectivity index (χ1v) is 25.9. The van der Waals surface area contributed by atoms with Crippen LogP contribution in [0.25, 0.3) is 0 Å². The first-order valence-electron chi connectivity index (χ1n) is 10.5. The molecule has 0 aromatic heterocycles. The fourth-order valence-corrected chi connectivity index (χ4v) is 22.4. The average Bonchev–Trinajstić information content (AvgIpc) is 2.82. The molecule has 36 heavy (non-hydrogen) atoms. The van der Waals surface area contributed by atoms with Gasteiger partial charge in [-0.1, -0.05) is 11.4 Å². The normalized spacial score (nSPS) is 15.6. The Kier molecular flexibility index (Phi) is 15.8. The highest BCUT2D eigenvalue weighted by Gasteiger charge is 2.68. The molecule has 1 atom stereocenters. The van der Waals surface area contributed by atoms with E-state index in [4.69, 9.17) is 50.9 Å². The van der Waals surface area contributed by atoms with Gasteiger partial charge in [0.15, 0.2) is 0 Å². The Morgan fingerprint density at radius 1 is 0.556 bits per heavy atom. The summed E-state index contributed by atoms with van der Waals surface area (Å²) < 4.78 is 69.7. The van der Waals surface area contributed by atoms with Crippen molar-refractivity contribution in [3.63, 3.8) is 0 Å². The predicted octanol–water partition coefficient (Wildman–Crippen LogP) is 1.26. The largest absolute Gasteiger partial charge is 0.673 e. The minimum absolute atomic E-state index is 0.0827. The maximum atomic E-state index is 11.6. The van der Waals surface area contributed by atoms with Gasteiger partial charge in [-0.2, -0.15) is 0 Å². The lowest BCUT2D eigenvalue weighted by molar-refractivity contribution is -0.0240. The van der Waals surface area contributed by atoms with E-state index in [0.29, 0.717) is 0 Å². The van der Waals surface area contributed by atoms with Crippen LogP contribution in [0.3, 0.4) is 0 Å². The van der Waals surface area contributed by atoms with E-state index in [9.17, 15) is 4.80 Å². The molecule has 21 heteroatoms. The van der Waals surface area contributed by atoms with Crippen LogP contribution in [0.2, 0.25) is 39.3 Å². The topological polar surface area (TPSA) is 131 Å². The standard InChI is InChI=1S/C15H40O13Si8/c1-14-31(10,11)24-36(25-32(12,13)15-2,28-34(18-4,19-5)20-6)27-33(16,17-3)26-35(21-7,22-29-8)23-30-9/h14-16H,1-2H2,3-13H3. The quantitative estimate of drug-likeness (QED) is 0.179. The highest BCUT2D eigenvalue weighted by atomic mass is 28.6. The molecular weight excluding hydrogens is 613 g/mol. The van der Waals surface area contributed by atoms with Crippen LogP contribution in [0.4, 0.5) is 0 Å². The van der Waals surface area contributed by atoms with Crippen molar-refractivity contribution in [1.82, 2.24) is 0 Å². The molecule has 1 N–H and O–H groups in total. The van der Waals surface area contributed by atoms with Crippen molar-refractivity contribution >= 4 is 72.4 Å². The summed E-state index contributed by atoms with van der Waals surface area (Å²) in [7, 11) is -16.2. The van der Waals surface area contributed by atoms with Crippen molar-refractivity contribution in [3.05, 3.63) is 24.6 Å². The molecule has 0 saturated heterocycles. The number of rotatable bonds is 21. The second-order valence-electron chi connectivity index (χ2n) is 7.78. The van der Waals surface area contributed by atoms with Crippen LogP contribution in [-0.4, -0.2) is 113 Å². The first kappa shape index (κ1) is 36.7. The summed E-state index contributed by atoms with van der Waals surface area (Å²) in [5, 5.41) is 0. The van der Waals surface area contributed by atoms with E-state index in [2.05, 4.69) is 13.2 Å². The van der Waals surface area contributed by atoms with Gasteiger partial charge >= 0.3 is 36.2 Å². The molecule has 0 aliphatic heterocycles. The van der Waals surface area contributed by atoms with Gasteiger partial charge < -0.3 is 55.7 Å². The van der Waals surface area contributed by atoms with Crippen LogP contribution in [0, 0.1) is 0 Å². The Labute approximate surface area is 227 Å². The molecular formula is C15H40O13Si8. The number of hydrogen-bond acceptors (Lipinski definition) is 13. The molecule has 0 aromatic carbocycles. The molecule has 210 valence electrons. The van der Waals surface area contributed by atoms with Gasteiger partial charge in [0.05, 0.1) is 0 Å². The summed E-state index contributed by atoms with van der Waals surface area (Å²) in [5.41, 5.74) is 3.29. The zero-order chi connectivity index (χ0) is 28.3. The van der Waals surface area contributed by atoms with Gasteiger partial charge in [-0.25, -0.2) is 0 Å². The molecule has 1 unspecified atom stereocenters. The van der Waals surface area contributed by atoms with Gasteiger partial charge in [-0.05, 0) is 39.3 Å². The summed E-state index contributed by atoms with van der Waals surface area (Å²) in [6.07, 6.45) is 0. The van der Waals surface area contributed by atoms with E-state index in [1.807, 2.05) is 26.2 Å². The third-order valence-electron chi connectivity index (χ3n) is 4.23. The maximum absolute atomic E-state index is 11.6. The van der Waals surface area contributed by atoms with Gasteiger partial charge in [-0.15, -0.1) is 13.2 Å². The van der Waals surface area contributed by atoms with Crippen molar-refractivity contribution in [2.75, 3.05) is 35.5 Å². The third-order valence-corrected chi connectivity index (χ3v) is 24.6. The van der Waals surface area contributed by atoms with Crippen LogP contribution >= 0.6 is 0 Å². The second kappa shape index (κ2) is 15.5. The molecule has 0 amide bonds. The van der Waals surface area contributed by atoms with E-state index in [0.717, 1.165) is 0 Å². The van der Waals surface area contributed by atoms with Crippen molar-refractivity contribution in [2.45, 2.75) is 39.3 Å². The molecule has 4 radical (unpaired) electrons. The zero-order valence-electron chi connectivity index (χ0n) is 22.9. The van der Waals surface area contributed by atoms with Crippen LogP contribution in [0.15, 0.2) is 24.6 Å². The molecule has 0 aromatic rings. The molecule has 0 aliphatic rings. The van der Waals surface area contributed by atoms with Crippen molar-refractivity contribution in [3.8, 4) is 0 Å². The van der Waals surface area contributed by atoms with Crippen molar-refractivity contribution in [2.24, 2.45) is 0 Å². The summed E-state index contributed by atoms with van der Waals surface area (Å²) in [4.78, 5) is 11.6. The molecule has 0 saturated carbocycles. The van der Waals surface area contributed by atoms with Crippen LogP contribution in [0.1, 0.15) is 0 Å². The van der Waals surface area contributed by atoms with Crippen LogP contribution in [0.5, 0.6) is 0 Å². The van der Waals surface area contributed by atoms with E-state index in [-0.39, 0.29) is 19.5 Å². The summed E-state index contributed by atoms with van der Waals surface area (Å²) in [6.45, 7) is 18.6. The monoisotopic (exact) mass is 652 g/mol. The Bertz CT molecular complexity index is 648. The Morgan fingerprint density at radius 2 is 0.917 bits per heavy atom. The van der Waals surface area contributed by atoms with E-state index in [1.165, 1.54) is 35.5 Å². The zero-order valence-corrected chi connectivity index (χ0v) is 30.9. The van der Waals surface area contributed by atoms with Crippen molar-refractivity contribution < 1.29 is 55.7 Å². The smallest absolute Gasteiger partial charge is 0.395 e. The third kappa shape index (κ3) is 11.1. The molecule has 13 nitrogen and oxygen atoms in total. The SMILES string of the molecule is C=C[Si](C)(C)O[Si](O[Si](C)(C)C=C)(O[Si](O)(OC)O[Si](OC)(O[Si]C)O[Si]C)O[Si](OC)(OC)OC. The first-order chi connectivity index (χ1) is 16.6. The summed E-state index contributed by atoms with van der Waals surface area (Å²) in [6, 6.07) is 0. The van der Waals surface area contributed by atoms with E-state index >= 15 is 0 Å². The second-order valence-corrected chi connectivity index (χ2v) is 27.6. The highest BCUT2D eigenvalue weighted by Crippen LogP contribution is 2.32. The minimum Gasteiger partial charge on any atom is -0.395 e. The Morgan fingerprint density at radius 3 is 1.19 bits per heavy atom. The molecule has 0 heterocycles. The highest BCUT2D eigenvalue weighted by molar-refractivity contribution is 6.91. The average molecular weight is 653 g/mol. The fourth-order valence-electron chi connectivity index (χ4n) is 2.24. The van der Waals surface area contributed by atoms with Gasteiger partial charge in [0.1, 0.15) is 0 Å². The Hall–Kier alpha value is 0.695. The number of hydrogen-bond donors (Lipinski definition) is 1. The molecule has 0 rings (SSSR count). The predicted molar refractivity (Wildman–Crippen MR) is 146 cm³/mol. The lowest BCUT2D eigenvalue weighted by atomic mass is 11.3. The Balaban J connectivity index is 6.98. The molecule has 0 spiro atoms. The van der Waals surface area contributed by atoms with Gasteiger partial charge in [0.2, 0.25) is 36.2 Å². The lowest BCUT2D eigenvalue weighted by Crippen LogP contribution is -2.72. The van der Waals surface area contributed by atoms with Crippen LogP contribution < -0.4 is 0 Å². The van der Waals surface area contributed by atoms with Gasteiger partial charge in [0.25, 0.3) is 0 Å². The van der Waals surface area contributed by atoms with Gasteiger partial charge in [-0.3, -0.25) is 0 Å². The molecule has 0 bridgehead atoms. The lowest BCUT2D eigenvalue weighted by Gasteiger charge is -2.43. The molecule has 0 fully saturated rings. The van der Waals surface area contributed by atoms with Crippen molar-refractivity contribution in [1.29, 1.82) is 0 Å². The van der Waals surface area contributed by atoms with E-state index in [1.54, 1.807) is 24.5 Å². The van der Waals surface area contributed by atoms with E-state index < -0.39 is 52.8 Å². The summed E-state index contributed by atoms with van der Waals surface area (Å²) in [5.74, 6) is 0. The van der Waals surface area contributed by atoms with Crippen LogP contribution in [-0.2, 0) is 50.9 Å². The fraction of sp³-hybridized carbons (Fsp3) is 0.733. The maximum Gasteiger partial charge on any atom is 0.673 e. The molecule has 0 aliphatic carbocycles. The van der Waals surface area contributed by atoms with Gasteiger partial charge in [0, 0.05) is 35.5 Å². The minimum atomic E-state index is -4.74.